The number of rotatable bonds is 5. The van der Waals surface area contributed by atoms with Crippen LogP contribution in [-0.2, 0) is 12.7 Å². The SMILES string of the molecule is FC(F)(F)c1cc(N2CCCC2)nc(NC(=S)NCc2ccc(-c3ccc(Cl)cc3)o2)n1. The second kappa shape index (κ2) is 9.33. The molecule has 3 aromatic rings. The molecule has 0 unspecified atom stereocenters. The normalized spacial score (nSPS) is 13.9. The summed E-state index contributed by atoms with van der Waals surface area (Å²) in [6, 6.07) is 11.8. The van der Waals surface area contributed by atoms with Crippen molar-refractivity contribution in [2.75, 3.05) is 23.3 Å². The van der Waals surface area contributed by atoms with E-state index in [1.807, 2.05) is 18.2 Å². The summed E-state index contributed by atoms with van der Waals surface area (Å²) < 4.78 is 45.7. The molecule has 0 saturated carbocycles. The number of nitrogens with zero attached hydrogens (tertiary/aromatic N) is 3. The van der Waals surface area contributed by atoms with E-state index in [2.05, 4.69) is 20.6 Å². The second-order valence-corrected chi connectivity index (χ2v) is 8.05. The third kappa shape index (κ3) is 5.49. The maximum absolute atomic E-state index is 13.3. The van der Waals surface area contributed by atoms with E-state index in [-0.39, 0.29) is 23.4 Å². The van der Waals surface area contributed by atoms with E-state index >= 15 is 0 Å². The Morgan fingerprint density at radius 2 is 1.81 bits per heavy atom. The summed E-state index contributed by atoms with van der Waals surface area (Å²) in [7, 11) is 0. The molecule has 6 nitrogen and oxygen atoms in total. The van der Waals surface area contributed by atoms with Crippen LogP contribution in [0, 0.1) is 0 Å². The summed E-state index contributed by atoms with van der Waals surface area (Å²) in [4.78, 5) is 9.61. The highest BCUT2D eigenvalue weighted by molar-refractivity contribution is 7.80. The van der Waals surface area contributed by atoms with Gasteiger partial charge in [0.1, 0.15) is 17.3 Å². The van der Waals surface area contributed by atoms with Gasteiger partial charge in [-0.25, -0.2) is 4.98 Å². The van der Waals surface area contributed by atoms with Crippen molar-refractivity contribution in [2.24, 2.45) is 0 Å². The van der Waals surface area contributed by atoms with E-state index < -0.39 is 11.9 Å². The molecule has 2 N–H and O–H groups in total. The number of benzene rings is 1. The van der Waals surface area contributed by atoms with Crippen LogP contribution in [-0.4, -0.2) is 28.2 Å². The summed E-state index contributed by atoms with van der Waals surface area (Å²) in [6.45, 7) is 1.55. The van der Waals surface area contributed by atoms with Crippen molar-refractivity contribution in [3.8, 4) is 11.3 Å². The molecule has 1 aliphatic rings. The van der Waals surface area contributed by atoms with Crippen molar-refractivity contribution >= 4 is 40.7 Å². The molecular formula is C21H19ClF3N5OS. The van der Waals surface area contributed by atoms with Gasteiger partial charge in [-0.15, -0.1) is 0 Å². The van der Waals surface area contributed by atoms with Gasteiger partial charge in [0.25, 0.3) is 0 Å². The smallest absolute Gasteiger partial charge is 0.433 e. The van der Waals surface area contributed by atoms with E-state index in [0.717, 1.165) is 24.5 Å². The van der Waals surface area contributed by atoms with Crippen molar-refractivity contribution in [1.82, 2.24) is 15.3 Å². The fourth-order valence-electron chi connectivity index (χ4n) is 3.30. The zero-order valence-corrected chi connectivity index (χ0v) is 18.3. The molecular weight excluding hydrogens is 463 g/mol. The molecule has 1 fully saturated rings. The molecule has 0 spiro atoms. The minimum atomic E-state index is -4.59. The van der Waals surface area contributed by atoms with Crippen LogP contribution in [0.4, 0.5) is 24.9 Å². The van der Waals surface area contributed by atoms with Crippen LogP contribution < -0.4 is 15.5 Å². The highest BCUT2D eigenvalue weighted by atomic mass is 35.5. The fraction of sp³-hybridized carbons (Fsp3) is 0.286. The summed E-state index contributed by atoms with van der Waals surface area (Å²) >= 11 is 11.1. The Labute approximate surface area is 192 Å². The van der Waals surface area contributed by atoms with E-state index in [9.17, 15) is 13.2 Å². The molecule has 0 amide bonds. The molecule has 1 aromatic carbocycles. The first-order valence-electron chi connectivity index (χ1n) is 9.89. The Morgan fingerprint density at radius 1 is 1.09 bits per heavy atom. The van der Waals surface area contributed by atoms with Crippen LogP contribution in [0.1, 0.15) is 24.3 Å². The standard InChI is InChI=1S/C21H19ClF3N5OS/c22-14-5-3-13(4-6-14)16-8-7-15(31-16)12-26-20(32)29-19-27-17(21(23,24)25)11-18(28-19)30-9-1-2-10-30/h3-8,11H,1-2,9-10,12H2,(H2,26,27,28,29,32). The van der Waals surface area contributed by atoms with Crippen LogP contribution in [0.2, 0.25) is 5.02 Å². The number of hydrogen-bond donors (Lipinski definition) is 2. The maximum atomic E-state index is 13.3. The quantitative estimate of drug-likeness (QED) is 0.467. The van der Waals surface area contributed by atoms with Crippen molar-refractivity contribution in [3.63, 3.8) is 0 Å². The minimum Gasteiger partial charge on any atom is -0.459 e. The number of aromatic nitrogens is 2. The van der Waals surface area contributed by atoms with Gasteiger partial charge in [-0.2, -0.15) is 18.2 Å². The third-order valence-corrected chi connectivity index (χ3v) is 5.37. The van der Waals surface area contributed by atoms with Gasteiger partial charge < -0.3 is 20.0 Å². The number of anilines is 2. The van der Waals surface area contributed by atoms with Crippen molar-refractivity contribution < 1.29 is 17.6 Å². The molecule has 2 aromatic heterocycles. The van der Waals surface area contributed by atoms with Gasteiger partial charge >= 0.3 is 6.18 Å². The lowest BCUT2D eigenvalue weighted by molar-refractivity contribution is -0.141. The molecule has 11 heteroatoms. The lowest BCUT2D eigenvalue weighted by Gasteiger charge is -2.19. The van der Waals surface area contributed by atoms with Gasteiger partial charge in [-0.05, 0) is 61.5 Å². The van der Waals surface area contributed by atoms with Gasteiger partial charge in [0.15, 0.2) is 10.8 Å². The number of nitrogens with one attached hydrogen (secondary N) is 2. The van der Waals surface area contributed by atoms with Gasteiger partial charge in [0.05, 0.1) is 6.54 Å². The van der Waals surface area contributed by atoms with Gasteiger partial charge in [0.2, 0.25) is 5.95 Å². The van der Waals surface area contributed by atoms with Gasteiger partial charge in [-0.3, -0.25) is 0 Å². The number of hydrogen-bond acceptors (Lipinski definition) is 5. The Morgan fingerprint density at radius 3 is 2.50 bits per heavy atom. The summed E-state index contributed by atoms with van der Waals surface area (Å²) in [5.41, 5.74) is -0.147. The van der Waals surface area contributed by atoms with Gasteiger partial charge in [0, 0.05) is 29.7 Å². The first kappa shape index (κ1) is 22.3. The Hall–Kier alpha value is -2.85. The van der Waals surface area contributed by atoms with Crippen molar-refractivity contribution in [1.29, 1.82) is 0 Å². The monoisotopic (exact) mass is 481 g/mol. The largest absolute Gasteiger partial charge is 0.459 e. The molecule has 0 atom stereocenters. The summed E-state index contributed by atoms with van der Waals surface area (Å²) in [5, 5.41) is 6.26. The Balaban J connectivity index is 1.41. The number of thiocarbonyl (C=S) groups is 1. The minimum absolute atomic E-state index is 0.0844. The van der Waals surface area contributed by atoms with Crippen molar-refractivity contribution in [2.45, 2.75) is 25.6 Å². The number of halogens is 4. The van der Waals surface area contributed by atoms with Crippen LogP contribution in [0.5, 0.6) is 0 Å². The zero-order valence-electron chi connectivity index (χ0n) is 16.7. The molecule has 1 aliphatic heterocycles. The lowest BCUT2D eigenvalue weighted by Crippen LogP contribution is -2.29. The highest BCUT2D eigenvalue weighted by Gasteiger charge is 2.34. The van der Waals surface area contributed by atoms with E-state index in [0.29, 0.717) is 29.6 Å². The second-order valence-electron chi connectivity index (χ2n) is 7.21. The van der Waals surface area contributed by atoms with E-state index in [1.165, 1.54) is 0 Å². The Kier molecular flexibility index (Phi) is 6.52. The lowest BCUT2D eigenvalue weighted by atomic mass is 10.2. The molecule has 32 heavy (non-hydrogen) atoms. The molecule has 168 valence electrons. The van der Waals surface area contributed by atoms with Crippen LogP contribution in [0.3, 0.4) is 0 Å². The molecule has 0 bridgehead atoms. The third-order valence-electron chi connectivity index (χ3n) is 4.87. The van der Waals surface area contributed by atoms with E-state index in [1.54, 1.807) is 23.1 Å². The molecule has 3 heterocycles. The molecule has 1 saturated heterocycles. The fourth-order valence-corrected chi connectivity index (χ4v) is 3.59. The Bertz CT molecular complexity index is 1100. The molecule has 0 radical (unpaired) electrons. The van der Waals surface area contributed by atoms with Gasteiger partial charge in [-0.1, -0.05) is 11.6 Å². The summed E-state index contributed by atoms with van der Waals surface area (Å²) in [6.07, 6.45) is -2.76. The first-order valence-corrected chi connectivity index (χ1v) is 10.7. The average Bonchev–Trinajstić information content (AvgIpc) is 3.44. The maximum Gasteiger partial charge on any atom is 0.433 e. The van der Waals surface area contributed by atoms with Crippen molar-refractivity contribution in [3.05, 3.63) is 58.9 Å². The first-order chi connectivity index (χ1) is 15.3. The zero-order chi connectivity index (χ0) is 22.7. The molecule has 0 aliphatic carbocycles. The average molecular weight is 482 g/mol. The van der Waals surface area contributed by atoms with Crippen LogP contribution in [0.25, 0.3) is 11.3 Å². The number of furan rings is 1. The highest BCUT2D eigenvalue weighted by Crippen LogP contribution is 2.31. The topological polar surface area (TPSA) is 66.2 Å². The van der Waals surface area contributed by atoms with Crippen LogP contribution >= 0.6 is 23.8 Å². The van der Waals surface area contributed by atoms with Crippen LogP contribution in [0.15, 0.2) is 46.9 Å². The van der Waals surface area contributed by atoms with E-state index in [4.69, 9.17) is 28.2 Å². The molecule has 4 rings (SSSR count). The summed E-state index contributed by atoms with van der Waals surface area (Å²) in [5.74, 6) is 1.28. The predicted octanol–water partition coefficient (Wildman–Crippen LogP) is 5.50. The predicted molar refractivity (Wildman–Crippen MR) is 121 cm³/mol. The number of alkyl halides is 3.